The lowest BCUT2D eigenvalue weighted by atomic mass is 10.2. The molecule has 0 unspecified atom stereocenters. The molecule has 1 heterocycles. The Hall–Kier alpha value is -2.04. The number of hydrogen-bond acceptors (Lipinski definition) is 3. The molecule has 1 fully saturated rings. The Morgan fingerprint density at radius 2 is 2.11 bits per heavy atom. The van der Waals surface area contributed by atoms with E-state index in [4.69, 9.17) is 4.74 Å². The first-order chi connectivity index (χ1) is 8.77. The number of nitrogens with one attached hydrogen (secondary N) is 1. The van der Waals surface area contributed by atoms with E-state index < -0.39 is 0 Å². The summed E-state index contributed by atoms with van der Waals surface area (Å²) in [7, 11) is 0. The topological polar surface area (TPSA) is 58.6 Å². The van der Waals surface area contributed by atoms with Crippen LogP contribution in [0.1, 0.15) is 16.8 Å². The zero-order valence-electron chi connectivity index (χ0n) is 10.1. The van der Waals surface area contributed by atoms with E-state index in [1.54, 1.807) is 17.0 Å². The second kappa shape index (κ2) is 6.05. The van der Waals surface area contributed by atoms with Crippen molar-refractivity contribution in [2.24, 2.45) is 0 Å². The fourth-order valence-electron chi connectivity index (χ4n) is 1.79. The Balaban J connectivity index is 1.66. The molecule has 0 radical (unpaired) electrons. The average molecular weight is 248 g/mol. The van der Waals surface area contributed by atoms with Gasteiger partial charge in [0.2, 0.25) is 0 Å². The molecule has 96 valence electrons. The van der Waals surface area contributed by atoms with Gasteiger partial charge in [0.1, 0.15) is 6.61 Å². The Morgan fingerprint density at radius 1 is 1.33 bits per heavy atom. The van der Waals surface area contributed by atoms with Crippen molar-refractivity contribution < 1.29 is 14.3 Å². The molecule has 0 spiro atoms. The first kappa shape index (κ1) is 12.4. The summed E-state index contributed by atoms with van der Waals surface area (Å²) in [5, 5.41) is 2.82. The van der Waals surface area contributed by atoms with Gasteiger partial charge in [-0.25, -0.2) is 4.79 Å². The van der Waals surface area contributed by atoms with Crippen LogP contribution in [0.15, 0.2) is 30.3 Å². The van der Waals surface area contributed by atoms with Gasteiger partial charge < -0.3 is 15.0 Å². The van der Waals surface area contributed by atoms with Gasteiger partial charge >= 0.3 is 6.09 Å². The maximum Gasteiger partial charge on any atom is 0.409 e. The first-order valence-electron chi connectivity index (χ1n) is 6.02. The first-order valence-corrected chi connectivity index (χ1v) is 6.02. The Morgan fingerprint density at radius 3 is 2.78 bits per heavy atom. The monoisotopic (exact) mass is 248 g/mol. The highest BCUT2D eigenvalue weighted by molar-refractivity contribution is 5.94. The summed E-state index contributed by atoms with van der Waals surface area (Å²) < 4.78 is 4.81. The summed E-state index contributed by atoms with van der Waals surface area (Å²) in [6.45, 7) is 2.28. The molecule has 5 heteroatoms. The van der Waals surface area contributed by atoms with E-state index >= 15 is 0 Å². The molecule has 1 aromatic rings. The van der Waals surface area contributed by atoms with Crippen molar-refractivity contribution in [3.63, 3.8) is 0 Å². The fraction of sp³-hybridized carbons (Fsp3) is 0.385. The molecule has 0 bridgehead atoms. The Kier molecular flexibility index (Phi) is 4.17. The molecule has 2 amide bonds. The zero-order valence-corrected chi connectivity index (χ0v) is 10.1. The van der Waals surface area contributed by atoms with E-state index in [0.717, 1.165) is 6.42 Å². The third kappa shape index (κ3) is 3.23. The summed E-state index contributed by atoms with van der Waals surface area (Å²) in [5.41, 5.74) is 0.651. The van der Waals surface area contributed by atoms with Crippen LogP contribution < -0.4 is 5.32 Å². The van der Waals surface area contributed by atoms with Crippen LogP contribution in [0, 0.1) is 0 Å². The molecule has 5 nitrogen and oxygen atoms in total. The molecule has 0 atom stereocenters. The van der Waals surface area contributed by atoms with E-state index in [9.17, 15) is 9.59 Å². The smallest absolute Gasteiger partial charge is 0.409 e. The van der Waals surface area contributed by atoms with Crippen LogP contribution in [0.5, 0.6) is 0 Å². The second-order valence-electron chi connectivity index (χ2n) is 4.08. The lowest BCUT2D eigenvalue weighted by Gasteiger charge is -2.12. The van der Waals surface area contributed by atoms with Gasteiger partial charge in [0, 0.05) is 18.7 Å². The van der Waals surface area contributed by atoms with E-state index in [2.05, 4.69) is 5.32 Å². The molecule has 1 N–H and O–H groups in total. The summed E-state index contributed by atoms with van der Waals surface area (Å²) in [6, 6.07) is 9.07. The number of cyclic esters (lactones) is 1. The predicted octanol–water partition coefficient (Wildman–Crippen LogP) is 1.26. The molecule has 18 heavy (non-hydrogen) atoms. The quantitative estimate of drug-likeness (QED) is 0.798. The number of rotatable bonds is 5. The molecule has 0 aromatic heterocycles. The third-order valence-corrected chi connectivity index (χ3v) is 2.77. The number of benzene rings is 1. The van der Waals surface area contributed by atoms with Crippen LogP contribution in [0.2, 0.25) is 0 Å². The minimum Gasteiger partial charge on any atom is -0.448 e. The molecule has 0 aliphatic carbocycles. The second-order valence-corrected chi connectivity index (χ2v) is 4.08. The van der Waals surface area contributed by atoms with Crippen LogP contribution >= 0.6 is 0 Å². The van der Waals surface area contributed by atoms with Crippen molar-refractivity contribution in [3.05, 3.63) is 35.9 Å². The van der Waals surface area contributed by atoms with Gasteiger partial charge in [0.05, 0.1) is 6.54 Å². The van der Waals surface area contributed by atoms with Gasteiger partial charge in [0.25, 0.3) is 5.91 Å². The van der Waals surface area contributed by atoms with Crippen LogP contribution in [-0.2, 0) is 4.74 Å². The van der Waals surface area contributed by atoms with Crippen LogP contribution in [0.4, 0.5) is 4.79 Å². The molecule has 0 saturated carbocycles. The Labute approximate surface area is 106 Å². The standard InChI is InChI=1S/C13H16N2O3/c16-12(11-5-2-1-3-6-11)14-7-4-8-15-9-10-18-13(15)17/h1-3,5-6H,4,7-10H2,(H,14,16). The van der Waals surface area contributed by atoms with Gasteiger partial charge in [-0.3, -0.25) is 4.79 Å². The summed E-state index contributed by atoms with van der Waals surface area (Å²) in [5.74, 6) is -0.0837. The van der Waals surface area contributed by atoms with Gasteiger partial charge in [0.15, 0.2) is 0 Å². The minimum absolute atomic E-state index is 0.0837. The van der Waals surface area contributed by atoms with Gasteiger partial charge in [-0.1, -0.05) is 18.2 Å². The summed E-state index contributed by atoms with van der Waals surface area (Å²) >= 11 is 0. The maximum atomic E-state index is 11.7. The maximum absolute atomic E-state index is 11.7. The lowest BCUT2D eigenvalue weighted by Crippen LogP contribution is -2.30. The number of hydrogen-bond donors (Lipinski definition) is 1. The van der Waals surface area contributed by atoms with Crippen molar-refractivity contribution in [1.82, 2.24) is 10.2 Å². The highest BCUT2D eigenvalue weighted by atomic mass is 16.6. The zero-order chi connectivity index (χ0) is 12.8. The van der Waals surface area contributed by atoms with Gasteiger partial charge in [-0.2, -0.15) is 0 Å². The molecule has 1 aliphatic rings. The van der Waals surface area contributed by atoms with E-state index in [-0.39, 0.29) is 12.0 Å². The Bertz CT molecular complexity index is 420. The predicted molar refractivity (Wildman–Crippen MR) is 66.3 cm³/mol. The molecular weight excluding hydrogens is 232 g/mol. The molecule has 1 aromatic carbocycles. The number of ether oxygens (including phenoxy) is 1. The summed E-state index contributed by atoms with van der Waals surface area (Å²) in [6.07, 6.45) is 0.470. The number of amides is 2. The molecule has 1 aliphatic heterocycles. The molecular formula is C13H16N2O3. The fourth-order valence-corrected chi connectivity index (χ4v) is 1.79. The van der Waals surface area contributed by atoms with Gasteiger partial charge in [-0.05, 0) is 18.6 Å². The van der Waals surface area contributed by atoms with Crippen LogP contribution in [0.3, 0.4) is 0 Å². The SMILES string of the molecule is O=C(NCCCN1CCOC1=O)c1ccccc1. The number of carbonyl (C=O) groups is 2. The van der Waals surface area contributed by atoms with E-state index in [0.29, 0.717) is 31.8 Å². The van der Waals surface area contributed by atoms with Crippen molar-refractivity contribution >= 4 is 12.0 Å². The lowest BCUT2D eigenvalue weighted by molar-refractivity contribution is 0.0952. The normalized spacial score (nSPS) is 14.4. The van der Waals surface area contributed by atoms with E-state index in [1.807, 2.05) is 18.2 Å². The highest BCUT2D eigenvalue weighted by Crippen LogP contribution is 2.03. The largest absolute Gasteiger partial charge is 0.448 e. The van der Waals surface area contributed by atoms with Crippen molar-refractivity contribution in [1.29, 1.82) is 0 Å². The van der Waals surface area contributed by atoms with Crippen molar-refractivity contribution in [2.75, 3.05) is 26.2 Å². The van der Waals surface area contributed by atoms with E-state index in [1.165, 1.54) is 0 Å². The summed E-state index contributed by atoms with van der Waals surface area (Å²) in [4.78, 5) is 24.5. The molecule has 1 saturated heterocycles. The number of nitrogens with zero attached hydrogens (tertiary/aromatic N) is 1. The van der Waals surface area contributed by atoms with Gasteiger partial charge in [-0.15, -0.1) is 0 Å². The van der Waals surface area contributed by atoms with Crippen molar-refractivity contribution in [3.8, 4) is 0 Å². The number of carbonyl (C=O) groups excluding carboxylic acids is 2. The minimum atomic E-state index is -0.260. The van der Waals surface area contributed by atoms with Crippen LogP contribution in [-0.4, -0.2) is 43.1 Å². The average Bonchev–Trinajstić information content (AvgIpc) is 2.81. The highest BCUT2D eigenvalue weighted by Gasteiger charge is 2.20. The third-order valence-electron chi connectivity index (χ3n) is 2.77. The molecule has 2 rings (SSSR count). The van der Waals surface area contributed by atoms with Crippen molar-refractivity contribution in [2.45, 2.75) is 6.42 Å². The van der Waals surface area contributed by atoms with Crippen LogP contribution in [0.25, 0.3) is 0 Å².